The molecule has 0 spiro atoms. The summed E-state index contributed by atoms with van der Waals surface area (Å²) in [5, 5.41) is 13.6. The van der Waals surface area contributed by atoms with E-state index in [9.17, 15) is 4.79 Å². The van der Waals surface area contributed by atoms with Crippen LogP contribution in [0.5, 0.6) is 0 Å². The van der Waals surface area contributed by atoms with Crippen LogP contribution in [-0.2, 0) is 28.9 Å². The number of tetrazole rings is 1. The maximum Gasteiger partial charge on any atom is 0.310 e. The predicted octanol–water partition coefficient (Wildman–Crippen LogP) is 7.30. The summed E-state index contributed by atoms with van der Waals surface area (Å²) >= 11 is 3.51. The van der Waals surface area contributed by atoms with Crippen molar-refractivity contribution in [2.45, 2.75) is 97.6 Å². The van der Waals surface area contributed by atoms with Crippen molar-refractivity contribution in [1.82, 2.24) is 20.2 Å². The highest BCUT2D eigenvalue weighted by Crippen LogP contribution is 2.32. The highest BCUT2D eigenvalue weighted by atomic mass is 79.9. The van der Waals surface area contributed by atoms with Crippen LogP contribution in [0.3, 0.4) is 0 Å². The van der Waals surface area contributed by atoms with Crippen LogP contribution in [0.4, 0.5) is 0 Å². The van der Waals surface area contributed by atoms with Gasteiger partial charge in [-0.2, -0.15) is 4.80 Å². The first kappa shape index (κ1) is 29.0. The molecule has 3 rings (SSSR count). The largest absolute Gasteiger partial charge is 0.460 e. The van der Waals surface area contributed by atoms with Crippen LogP contribution in [0, 0.1) is 5.92 Å². The minimum Gasteiger partial charge on any atom is -0.460 e. The Hall–Kier alpha value is -2.54. The summed E-state index contributed by atoms with van der Waals surface area (Å²) in [6, 6.07) is 16.9. The third-order valence-electron chi connectivity index (χ3n) is 6.38. The highest BCUT2D eigenvalue weighted by molar-refractivity contribution is 9.10. The highest BCUT2D eigenvalue weighted by Gasteiger charge is 2.35. The van der Waals surface area contributed by atoms with Crippen molar-refractivity contribution in [3.8, 4) is 0 Å². The average Bonchev–Trinajstić information content (AvgIpc) is 3.31. The molecule has 0 aliphatic heterocycles. The number of hydrogen-bond donors (Lipinski definition) is 0. The number of unbranched alkanes of at least 4 members (excludes halogenated alkanes) is 2. The molecule has 1 unspecified atom stereocenters. The van der Waals surface area contributed by atoms with Gasteiger partial charge in [0.1, 0.15) is 5.60 Å². The van der Waals surface area contributed by atoms with Crippen LogP contribution in [0.25, 0.3) is 0 Å². The first-order chi connectivity index (χ1) is 17.7. The maximum absolute atomic E-state index is 13.3. The quantitative estimate of drug-likeness (QED) is 0.160. The zero-order valence-electron chi connectivity index (χ0n) is 22.9. The summed E-state index contributed by atoms with van der Waals surface area (Å²) < 4.78 is 6.85. The Morgan fingerprint density at radius 1 is 0.946 bits per heavy atom. The minimum absolute atomic E-state index is 0.202. The Morgan fingerprint density at radius 2 is 1.59 bits per heavy atom. The number of aryl methyl sites for hydroxylation is 1. The minimum atomic E-state index is -0.557. The standard InChI is InChI=1S/C30H41BrN4O2/c1-6-8-9-11-22-12-14-24(15-13-22)21-35-33-28(32-34-35)27(20-23-16-18-25(31)19-17-23)26(10-7-2)29(36)37-30(3,4)5/h12-19,26-27H,6-11,20-21H2,1-5H3/t26?,27-/m0/s1. The molecular formula is C30H41BrN4O2. The van der Waals surface area contributed by atoms with Gasteiger partial charge in [0.15, 0.2) is 5.82 Å². The van der Waals surface area contributed by atoms with Crippen LogP contribution in [0.2, 0.25) is 0 Å². The van der Waals surface area contributed by atoms with Crippen LogP contribution < -0.4 is 0 Å². The zero-order valence-corrected chi connectivity index (χ0v) is 24.5. The number of benzene rings is 2. The predicted molar refractivity (Wildman–Crippen MR) is 151 cm³/mol. The van der Waals surface area contributed by atoms with Gasteiger partial charge < -0.3 is 4.74 Å². The van der Waals surface area contributed by atoms with Gasteiger partial charge in [-0.3, -0.25) is 4.79 Å². The van der Waals surface area contributed by atoms with Gasteiger partial charge in [0.25, 0.3) is 0 Å². The average molecular weight is 570 g/mol. The second-order valence-electron chi connectivity index (χ2n) is 10.8. The molecule has 6 nitrogen and oxygen atoms in total. The Labute approximate surface area is 230 Å². The van der Waals surface area contributed by atoms with Crippen molar-refractivity contribution < 1.29 is 9.53 Å². The van der Waals surface area contributed by atoms with E-state index < -0.39 is 5.60 Å². The number of nitrogens with zero attached hydrogens (tertiary/aromatic N) is 4. The molecule has 0 radical (unpaired) electrons. The van der Waals surface area contributed by atoms with Gasteiger partial charge in [-0.05, 0) is 80.5 Å². The van der Waals surface area contributed by atoms with Crippen molar-refractivity contribution in [2.75, 3.05) is 0 Å². The van der Waals surface area contributed by atoms with Crippen LogP contribution in [-0.4, -0.2) is 31.8 Å². The lowest BCUT2D eigenvalue weighted by molar-refractivity contribution is -0.161. The van der Waals surface area contributed by atoms with Crippen LogP contribution >= 0.6 is 15.9 Å². The fraction of sp³-hybridized carbons (Fsp3) is 0.533. The van der Waals surface area contributed by atoms with Crippen molar-refractivity contribution in [3.63, 3.8) is 0 Å². The number of esters is 1. The van der Waals surface area contributed by atoms with Crippen molar-refractivity contribution >= 4 is 21.9 Å². The summed E-state index contributed by atoms with van der Waals surface area (Å²) in [5.41, 5.74) is 3.05. The number of ether oxygens (including phenoxy) is 1. The second kappa shape index (κ2) is 13.8. The monoisotopic (exact) mass is 568 g/mol. The molecule has 0 N–H and O–H groups in total. The first-order valence-corrected chi connectivity index (χ1v) is 14.3. The van der Waals surface area contributed by atoms with Gasteiger partial charge in [0.05, 0.1) is 12.5 Å². The number of aromatic nitrogens is 4. The van der Waals surface area contributed by atoms with Gasteiger partial charge >= 0.3 is 5.97 Å². The van der Waals surface area contributed by atoms with Crippen LogP contribution in [0.1, 0.15) is 95.2 Å². The molecule has 0 saturated carbocycles. The number of rotatable bonds is 13. The molecule has 0 amide bonds. The summed E-state index contributed by atoms with van der Waals surface area (Å²) in [5.74, 6) is -0.200. The van der Waals surface area contributed by atoms with E-state index >= 15 is 0 Å². The van der Waals surface area contributed by atoms with Crippen molar-refractivity contribution in [3.05, 3.63) is 75.5 Å². The molecule has 7 heteroatoms. The fourth-order valence-corrected chi connectivity index (χ4v) is 4.75. The number of carbonyl (C=O) groups excluding carboxylic acids is 1. The van der Waals surface area contributed by atoms with E-state index in [1.54, 1.807) is 4.80 Å². The van der Waals surface area contributed by atoms with Gasteiger partial charge in [-0.1, -0.05) is 85.4 Å². The molecule has 0 aliphatic carbocycles. The van der Waals surface area contributed by atoms with Gasteiger partial charge in [0.2, 0.25) is 0 Å². The fourth-order valence-electron chi connectivity index (χ4n) is 4.48. The van der Waals surface area contributed by atoms with Crippen molar-refractivity contribution in [2.24, 2.45) is 5.92 Å². The third kappa shape index (κ3) is 9.37. The molecule has 0 bridgehead atoms. The lowest BCUT2D eigenvalue weighted by Gasteiger charge is -2.28. The summed E-state index contributed by atoms with van der Waals surface area (Å²) in [4.78, 5) is 15.0. The smallest absolute Gasteiger partial charge is 0.310 e. The number of carbonyl (C=O) groups is 1. The SMILES string of the molecule is CCCCCc1ccc(Cn2nnc([C@@H](Cc3ccc(Br)cc3)C(CCC)C(=O)OC(C)(C)C)n2)cc1. The molecule has 0 fully saturated rings. The molecule has 1 heterocycles. The second-order valence-corrected chi connectivity index (χ2v) is 11.7. The molecule has 200 valence electrons. The van der Waals surface area contributed by atoms with Gasteiger partial charge in [0, 0.05) is 10.4 Å². The molecular weight excluding hydrogens is 528 g/mol. The topological polar surface area (TPSA) is 69.9 Å². The normalized spacial score (nSPS) is 13.4. The molecule has 2 atom stereocenters. The summed E-state index contributed by atoms with van der Waals surface area (Å²) in [6.45, 7) is 10.6. The Bertz CT molecular complexity index is 1100. The Balaban J connectivity index is 1.82. The Morgan fingerprint density at radius 3 is 2.22 bits per heavy atom. The van der Waals surface area contributed by atoms with Gasteiger partial charge in [-0.15, -0.1) is 10.2 Å². The van der Waals surface area contributed by atoms with Crippen molar-refractivity contribution in [1.29, 1.82) is 0 Å². The molecule has 37 heavy (non-hydrogen) atoms. The molecule has 0 saturated heterocycles. The molecule has 0 aliphatic rings. The summed E-state index contributed by atoms with van der Waals surface area (Å²) in [6.07, 6.45) is 7.02. The summed E-state index contributed by atoms with van der Waals surface area (Å²) in [7, 11) is 0. The lowest BCUT2D eigenvalue weighted by atomic mass is 9.83. The van der Waals surface area contributed by atoms with E-state index in [1.165, 1.54) is 24.8 Å². The maximum atomic E-state index is 13.3. The van der Waals surface area contributed by atoms with E-state index in [-0.39, 0.29) is 17.8 Å². The van der Waals surface area contributed by atoms with E-state index in [0.29, 0.717) is 25.2 Å². The van der Waals surface area contributed by atoms with Crippen LogP contribution in [0.15, 0.2) is 53.0 Å². The van der Waals surface area contributed by atoms with E-state index in [1.807, 2.05) is 32.9 Å². The van der Waals surface area contributed by atoms with Gasteiger partial charge in [-0.25, -0.2) is 0 Å². The lowest BCUT2D eigenvalue weighted by Crippen LogP contribution is -2.33. The first-order valence-electron chi connectivity index (χ1n) is 13.5. The molecule has 3 aromatic rings. The Kier molecular flexibility index (Phi) is 10.9. The van der Waals surface area contributed by atoms with E-state index in [0.717, 1.165) is 28.4 Å². The number of hydrogen-bond acceptors (Lipinski definition) is 5. The van der Waals surface area contributed by atoms with E-state index in [2.05, 4.69) is 76.5 Å². The van der Waals surface area contributed by atoms with E-state index in [4.69, 9.17) is 9.84 Å². The molecule has 2 aromatic carbocycles. The molecule has 1 aromatic heterocycles. The third-order valence-corrected chi connectivity index (χ3v) is 6.91. The zero-order chi connectivity index (χ0) is 26.8. The number of halogens is 1.